The molecule has 0 bridgehead atoms. The smallest absolute Gasteiger partial charge is 0.242 e. The number of amides is 5. The summed E-state index contributed by atoms with van der Waals surface area (Å²) in [6, 6.07) is 9.87. The number of carbonyl (C=O) groups is 5. The molecule has 2 rings (SSSR count). The van der Waals surface area contributed by atoms with Crippen LogP contribution in [0.1, 0.15) is 43.0 Å². The van der Waals surface area contributed by atoms with Crippen LogP contribution in [0.15, 0.2) is 42.5 Å². The van der Waals surface area contributed by atoms with Crippen LogP contribution in [-0.4, -0.2) is 65.9 Å². The summed E-state index contributed by atoms with van der Waals surface area (Å²) >= 11 is 0. The van der Waals surface area contributed by atoms with E-state index in [4.69, 9.17) is 11.5 Å². The number of rotatable bonds is 14. The van der Waals surface area contributed by atoms with Crippen molar-refractivity contribution < 1.29 is 29.1 Å². The number of carbonyl (C=O) groups excluding carboxylic acids is 5. The van der Waals surface area contributed by atoms with Gasteiger partial charge in [0.2, 0.25) is 29.5 Å². The Morgan fingerprint density at radius 2 is 1.46 bits per heavy atom. The van der Waals surface area contributed by atoms with Crippen LogP contribution in [0.3, 0.4) is 0 Å². The molecule has 0 spiro atoms. The van der Waals surface area contributed by atoms with Crippen LogP contribution < -0.4 is 32.7 Å². The molecule has 0 aromatic heterocycles. The van der Waals surface area contributed by atoms with Crippen molar-refractivity contribution in [2.45, 2.75) is 65.6 Å². The number of primary amides is 1. The van der Waals surface area contributed by atoms with Gasteiger partial charge in [0.05, 0.1) is 19.1 Å². The first-order valence-electron chi connectivity index (χ1n) is 12.9. The number of aromatic hydroxyl groups is 1. The maximum Gasteiger partial charge on any atom is 0.242 e. The molecule has 0 saturated heterocycles. The van der Waals surface area contributed by atoms with Crippen molar-refractivity contribution in [2.24, 2.45) is 11.5 Å². The molecule has 41 heavy (non-hydrogen) atoms. The van der Waals surface area contributed by atoms with E-state index in [0.717, 1.165) is 22.3 Å². The summed E-state index contributed by atoms with van der Waals surface area (Å²) in [5.41, 5.74) is 14.4. The van der Waals surface area contributed by atoms with E-state index in [2.05, 4.69) is 21.3 Å². The first-order valence-corrected chi connectivity index (χ1v) is 12.9. The zero-order valence-corrected chi connectivity index (χ0v) is 23.0. The van der Waals surface area contributed by atoms with Gasteiger partial charge in [0.1, 0.15) is 11.8 Å². The largest absolute Gasteiger partial charge is 0.508 e. The minimum atomic E-state index is -0.965. The Bertz CT molecular complexity index is 1200. The van der Waals surface area contributed by atoms with Crippen molar-refractivity contribution in [3.63, 3.8) is 0 Å². The fourth-order valence-corrected chi connectivity index (χ4v) is 4.14. The van der Waals surface area contributed by atoms with Crippen LogP contribution in [0.25, 0.3) is 0 Å². The van der Waals surface area contributed by atoms with E-state index in [1.807, 2.05) is 44.2 Å². The lowest BCUT2D eigenvalue weighted by Crippen LogP contribution is -2.52. The zero-order chi connectivity index (χ0) is 29.8. The Kier molecular flexibility index (Phi) is 14.0. The fraction of sp³-hybridized carbons (Fsp3) is 0.414. The third kappa shape index (κ3) is 12.1. The van der Waals surface area contributed by atoms with Gasteiger partial charge in [-0.3, -0.25) is 24.0 Å². The molecule has 0 heterocycles. The Labute approximate surface area is 240 Å². The molecule has 12 heteroatoms. The molecule has 2 aromatic carbocycles. The molecule has 0 aliphatic rings. The van der Waals surface area contributed by atoms with Gasteiger partial charge in [0.15, 0.2) is 0 Å². The van der Waals surface area contributed by atoms with Gasteiger partial charge in [-0.25, -0.2) is 0 Å². The lowest BCUT2D eigenvalue weighted by atomic mass is 9.96. The van der Waals surface area contributed by atoms with Crippen molar-refractivity contribution in [3.8, 4) is 5.75 Å². The van der Waals surface area contributed by atoms with E-state index in [1.165, 1.54) is 6.92 Å². The zero-order valence-electron chi connectivity index (χ0n) is 23.0. The van der Waals surface area contributed by atoms with Gasteiger partial charge in [-0.1, -0.05) is 37.8 Å². The SMILES string of the molecule is C.Cc1cc(O)cc(C)c1CC(N)C(=O)NC(C)C(=O)NCC(=O)NC(CC(=O)NCC(N)=O)Cc1ccccc1. The normalized spacial score (nSPS) is 12.6. The molecule has 3 atom stereocenters. The number of aryl methyl sites for hydroxylation is 2. The van der Waals surface area contributed by atoms with Crippen LogP contribution >= 0.6 is 0 Å². The molecule has 0 saturated carbocycles. The molecule has 0 aliphatic heterocycles. The Balaban J connectivity index is 0.00000840. The molecule has 0 radical (unpaired) electrons. The number of hydrogen-bond donors (Lipinski definition) is 7. The van der Waals surface area contributed by atoms with E-state index in [0.29, 0.717) is 6.42 Å². The second-order valence-electron chi connectivity index (χ2n) is 9.72. The number of nitrogens with two attached hydrogens (primary N) is 2. The van der Waals surface area contributed by atoms with Gasteiger partial charge in [-0.2, -0.15) is 0 Å². The predicted octanol–water partition coefficient (Wildman–Crippen LogP) is -0.145. The van der Waals surface area contributed by atoms with Gasteiger partial charge >= 0.3 is 0 Å². The summed E-state index contributed by atoms with van der Waals surface area (Å²) in [5, 5.41) is 19.8. The van der Waals surface area contributed by atoms with Crippen LogP contribution in [0.5, 0.6) is 5.75 Å². The topological polar surface area (TPSA) is 206 Å². The summed E-state index contributed by atoms with van der Waals surface area (Å²) in [6.07, 6.45) is 0.456. The van der Waals surface area contributed by atoms with Gasteiger partial charge in [-0.15, -0.1) is 0 Å². The van der Waals surface area contributed by atoms with E-state index in [9.17, 15) is 29.1 Å². The monoisotopic (exact) mass is 570 g/mol. The summed E-state index contributed by atoms with van der Waals surface area (Å²) < 4.78 is 0. The number of phenols is 1. The number of nitrogens with one attached hydrogen (secondary N) is 4. The first kappa shape index (κ1) is 34.6. The minimum Gasteiger partial charge on any atom is -0.508 e. The molecule has 0 aliphatic carbocycles. The lowest BCUT2D eigenvalue weighted by molar-refractivity contribution is -0.130. The molecule has 5 amide bonds. The standard InChI is InChI=1S/C28H38N6O6.CH4/c1-16-9-21(35)10-17(2)22(16)13-23(29)28(40)33-18(3)27(39)32-15-26(38)34-20(11-19-7-5-4-6-8-19)12-25(37)31-14-24(30)36;/h4-10,18,20,23,35H,11-15,29H2,1-3H3,(H2,30,36)(H,31,37)(H,32,39)(H,33,40)(H,34,38);1H4. The van der Waals surface area contributed by atoms with Gasteiger partial charge < -0.3 is 37.8 Å². The van der Waals surface area contributed by atoms with E-state index in [-0.39, 0.29) is 39.1 Å². The van der Waals surface area contributed by atoms with Crippen molar-refractivity contribution in [1.29, 1.82) is 0 Å². The number of hydrogen-bond acceptors (Lipinski definition) is 7. The summed E-state index contributed by atoms with van der Waals surface area (Å²) in [6.45, 7) is 4.39. The molecule has 3 unspecified atom stereocenters. The maximum absolute atomic E-state index is 12.6. The van der Waals surface area contributed by atoms with Crippen molar-refractivity contribution in [3.05, 3.63) is 64.7 Å². The second-order valence-corrected chi connectivity index (χ2v) is 9.72. The van der Waals surface area contributed by atoms with Crippen molar-refractivity contribution >= 4 is 29.5 Å². The average molecular weight is 571 g/mol. The Hall–Kier alpha value is -4.45. The summed E-state index contributed by atoms with van der Waals surface area (Å²) in [4.78, 5) is 60.9. The highest BCUT2D eigenvalue weighted by Gasteiger charge is 2.23. The number of phenolic OH excluding ortho intramolecular Hbond substituents is 1. The molecule has 2 aromatic rings. The van der Waals surface area contributed by atoms with Gasteiger partial charge in [0, 0.05) is 12.5 Å². The minimum absolute atomic E-state index is 0. The molecule has 224 valence electrons. The van der Waals surface area contributed by atoms with Gasteiger partial charge in [0.25, 0.3) is 0 Å². The first-order chi connectivity index (χ1) is 18.8. The second kappa shape index (κ2) is 16.6. The molecular formula is C29H42N6O6. The van der Waals surface area contributed by atoms with Crippen LogP contribution in [0.2, 0.25) is 0 Å². The summed E-state index contributed by atoms with van der Waals surface area (Å²) in [7, 11) is 0. The Morgan fingerprint density at radius 1 is 0.854 bits per heavy atom. The van der Waals surface area contributed by atoms with Crippen molar-refractivity contribution in [2.75, 3.05) is 13.1 Å². The lowest BCUT2D eigenvalue weighted by Gasteiger charge is -2.20. The van der Waals surface area contributed by atoms with E-state index >= 15 is 0 Å². The third-order valence-electron chi connectivity index (χ3n) is 6.20. The maximum atomic E-state index is 12.6. The van der Waals surface area contributed by atoms with Crippen LogP contribution in [0, 0.1) is 13.8 Å². The third-order valence-corrected chi connectivity index (χ3v) is 6.20. The summed E-state index contributed by atoms with van der Waals surface area (Å²) in [5.74, 6) is -2.69. The average Bonchev–Trinajstić information content (AvgIpc) is 2.88. The molecule has 12 nitrogen and oxygen atoms in total. The van der Waals surface area contributed by atoms with Crippen molar-refractivity contribution in [1.82, 2.24) is 21.3 Å². The molecule has 9 N–H and O–H groups in total. The number of benzene rings is 2. The predicted molar refractivity (Wildman–Crippen MR) is 156 cm³/mol. The van der Waals surface area contributed by atoms with Crippen LogP contribution in [-0.2, 0) is 36.8 Å². The highest BCUT2D eigenvalue weighted by atomic mass is 16.3. The van der Waals surface area contributed by atoms with E-state index < -0.39 is 47.7 Å². The van der Waals surface area contributed by atoms with E-state index in [1.54, 1.807) is 12.1 Å². The Morgan fingerprint density at radius 3 is 2.05 bits per heavy atom. The quantitative estimate of drug-likeness (QED) is 0.163. The molecular weight excluding hydrogens is 528 g/mol. The highest BCUT2D eigenvalue weighted by Crippen LogP contribution is 2.21. The molecule has 0 fully saturated rings. The van der Waals surface area contributed by atoms with Gasteiger partial charge in [-0.05, 0) is 68.0 Å². The fourth-order valence-electron chi connectivity index (χ4n) is 4.14. The van der Waals surface area contributed by atoms with Crippen LogP contribution in [0.4, 0.5) is 0 Å². The highest BCUT2D eigenvalue weighted by molar-refractivity contribution is 5.92.